The number of hydrazone groups is 1. The lowest BCUT2D eigenvalue weighted by atomic mass is 9.93. The van der Waals surface area contributed by atoms with Crippen molar-refractivity contribution >= 4 is 144 Å². The molecule has 0 fully saturated rings. The third-order valence-electron chi connectivity index (χ3n) is 8.75. The summed E-state index contributed by atoms with van der Waals surface area (Å²) in [6.07, 6.45) is 0.587. The maximum atomic E-state index is 14.1. The molecule has 1 aliphatic rings. The minimum Gasteiger partial charge on any atom is -0.324 e. The molecule has 0 atom stereocenters. The summed E-state index contributed by atoms with van der Waals surface area (Å²) in [5.74, 6) is -3.15. The third kappa shape index (κ3) is 11.9. The first-order valence-corrected chi connectivity index (χ1v) is 25.9. The lowest BCUT2D eigenvalue weighted by molar-refractivity contribution is 0.106. The van der Waals surface area contributed by atoms with Gasteiger partial charge in [0, 0.05) is 11.4 Å². The van der Waals surface area contributed by atoms with E-state index in [1.54, 1.807) is 0 Å². The summed E-state index contributed by atoms with van der Waals surface area (Å²) in [5, 5.41) is 12.9. The fourth-order valence-electron chi connectivity index (χ4n) is 5.97. The molecule has 360 valence electrons. The van der Waals surface area contributed by atoms with Crippen molar-refractivity contribution in [3.05, 3.63) is 105 Å². The topological polar surface area (TPSA) is 439 Å². The molecule has 4 aromatic carbocycles. The van der Waals surface area contributed by atoms with E-state index in [1.807, 2.05) is 0 Å². The molecule has 0 spiro atoms. The molecule has 0 bridgehead atoms. The highest BCUT2D eigenvalue weighted by Crippen LogP contribution is 2.36. The van der Waals surface area contributed by atoms with Crippen LogP contribution in [0, 0.1) is 0 Å². The number of nitrogens with zero attached hydrogens (tertiary/aromatic N) is 7. The van der Waals surface area contributed by atoms with E-state index in [0.717, 1.165) is 36.4 Å². The number of Topliss-reactive ketones (excluding diaryl/α,β-unsaturated/α-hetero) is 1. The van der Waals surface area contributed by atoms with Crippen molar-refractivity contribution in [2.45, 2.75) is 19.6 Å². The van der Waals surface area contributed by atoms with E-state index in [9.17, 15) is 69.6 Å². The highest BCUT2D eigenvalue weighted by molar-refractivity contribution is 7.91. The molecule has 2 aromatic heterocycles. The molecule has 0 unspecified atom stereocenters. The molecule has 2 heterocycles. The first-order chi connectivity index (χ1) is 32.0. The van der Waals surface area contributed by atoms with Crippen molar-refractivity contribution in [3.63, 3.8) is 0 Å². The second-order valence-corrected chi connectivity index (χ2v) is 21.1. The Morgan fingerprint density at radius 1 is 0.478 bits per heavy atom. The Morgan fingerprint density at radius 2 is 1.01 bits per heavy atom. The van der Waals surface area contributed by atoms with Crippen LogP contribution < -0.4 is 26.7 Å². The Balaban J connectivity index is 1.22. The summed E-state index contributed by atoms with van der Waals surface area (Å²) in [6, 6.07) is 13.9. The number of hydrogen-bond donors (Lipinski definition) is 10. The number of rotatable bonds is 15. The van der Waals surface area contributed by atoms with Gasteiger partial charge in [0.05, 0.1) is 32.4 Å². The van der Waals surface area contributed by atoms with Gasteiger partial charge in [-0.05, 0) is 95.5 Å². The molecular weight excluding hydrogens is 1060 g/mol. The van der Waals surface area contributed by atoms with Crippen molar-refractivity contribution in [1.29, 1.82) is 0 Å². The first-order valence-electron chi connectivity index (χ1n) is 17.9. The van der Waals surface area contributed by atoms with Crippen molar-refractivity contribution in [2.75, 3.05) is 26.7 Å². The van der Waals surface area contributed by atoms with Gasteiger partial charge in [0.2, 0.25) is 40.1 Å². The van der Waals surface area contributed by atoms with Crippen molar-refractivity contribution in [2.24, 2.45) is 5.10 Å². The Bertz CT molecular complexity index is 3810. The maximum Gasteiger partial charge on any atom is 0.296 e. The number of nitrogens with one attached hydrogen (secondary N) is 5. The van der Waals surface area contributed by atoms with Gasteiger partial charge in [0.25, 0.3) is 50.6 Å². The Kier molecular flexibility index (Phi) is 13.4. The van der Waals surface area contributed by atoms with Gasteiger partial charge in [0.1, 0.15) is 14.7 Å². The van der Waals surface area contributed by atoms with E-state index >= 15 is 0 Å². The maximum absolute atomic E-state index is 14.1. The van der Waals surface area contributed by atoms with E-state index in [4.69, 9.17) is 23.2 Å². The molecule has 28 nitrogen and oxygen atoms in total. The largest absolute Gasteiger partial charge is 0.324 e. The number of para-hydroxylation sites is 1. The highest BCUT2D eigenvalue weighted by atomic mass is 35.5. The molecular formula is C34H24Cl2N12O16S5. The number of carbonyl (C=O) groups is 1. The number of carbonyl (C=O) groups excluding carboxylic acids is 1. The SMILES string of the molecule is O=C1/C(=N/Nc2ccccc2S(=O)(=O)O)C(S(=O)(=O)O)=Cc2cc(S(=O)(=O)O)cc(Nc3nc(Cl)nc(Nc4ccc(Nc5nc(Cl)nc(Nc6cccc(S(=O)(=O)O)c6)n5)cc4S(=O)(=O)O)n3)c21. The summed E-state index contributed by atoms with van der Waals surface area (Å²) >= 11 is 12.2. The van der Waals surface area contributed by atoms with Gasteiger partial charge >= 0.3 is 0 Å². The number of fused-ring (bicyclic) bond motifs is 1. The second kappa shape index (κ2) is 18.5. The van der Waals surface area contributed by atoms with Crippen LogP contribution in [0.4, 0.5) is 52.2 Å². The first kappa shape index (κ1) is 50.0. The average molecular weight is 1090 g/mol. The van der Waals surface area contributed by atoms with Gasteiger partial charge < -0.3 is 21.3 Å². The van der Waals surface area contributed by atoms with Crippen LogP contribution in [0.3, 0.4) is 0 Å². The van der Waals surface area contributed by atoms with E-state index in [0.29, 0.717) is 18.2 Å². The van der Waals surface area contributed by atoms with Gasteiger partial charge in [-0.3, -0.25) is 33.0 Å². The highest BCUT2D eigenvalue weighted by Gasteiger charge is 2.36. The van der Waals surface area contributed by atoms with Gasteiger partial charge in [0.15, 0.2) is 5.71 Å². The number of benzene rings is 4. The van der Waals surface area contributed by atoms with Crippen LogP contribution in [0.1, 0.15) is 15.9 Å². The molecule has 0 amide bonds. The summed E-state index contributed by atoms with van der Waals surface area (Å²) in [5.41, 5.74) is -1.63. The third-order valence-corrected chi connectivity index (χ3v) is 13.4. The van der Waals surface area contributed by atoms with E-state index in [-0.39, 0.29) is 23.3 Å². The van der Waals surface area contributed by atoms with Gasteiger partial charge in [-0.2, -0.15) is 77.1 Å². The van der Waals surface area contributed by atoms with Gasteiger partial charge in [-0.15, -0.1) is 0 Å². The zero-order chi connectivity index (χ0) is 50.4. The van der Waals surface area contributed by atoms with Crippen LogP contribution in [0.15, 0.2) is 108 Å². The molecule has 35 heteroatoms. The van der Waals surface area contributed by atoms with Gasteiger partial charge in [-0.1, -0.05) is 18.2 Å². The van der Waals surface area contributed by atoms with Crippen molar-refractivity contribution in [3.8, 4) is 0 Å². The minimum absolute atomic E-state index is 0.0918. The van der Waals surface area contributed by atoms with Crippen LogP contribution in [0.2, 0.25) is 10.6 Å². The normalized spacial score (nSPS) is 13.9. The number of ketones is 1. The van der Waals surface area contributed by atoms with Crippen LogP contribution in [0.25, 0.3) is 6.08 Å². The Labute approximate surface area is 397 Å². The number of allylic oxidation sites excluding steroid dienone is 1. The Hall–Kier alpha value is -6.89. The summed E-state index contributed by atoms with van der Waals surface area (Å²) in [7, 11) is -25.2. The number of halogens is 2. The molecule has 10 N–H and O–H groups in total. The zero-order valence-electron chi connectivity index (χ0n) is 33.2. The van der Waals surface area contributed by atoms with E-state index in [2.05, 4.69) is 61.7 Å². The number of aromatic nitrogens is 6. The fourth-order valence-corrected chi connectivity index (χ4v) is 9.33. The molecule has 0 radical (unpaired) electrons. The summed E-state index contributed by atoms with van der Waals surface area (Å²) < 4.78 is 171. The van der Waals surface area contributed by atoms with Crippen LogP contribution in [0.5, 0.6) is 0 Å². The van der Waals surface area contributed by atoms with Crippen molar-refractivity contribution < 1.29 is 69.6 Å². The molecule has 0 saturated heterocycles. The standard InChI is InChI=1S/C34H24Cl2N12O16S5/c35-29-41-31(37-16-4-3-5-18(12-16)65(50,51)52)45-32(42-29)38-17-8-9-20(24(13-17)68(59,60)61)39-33-43-30(36)44-34(46-33)40-22-14-19(66(53,54)55)10-15-11-25(69(62,63)64)27(28(49)26(15)22)48-47-21-6-1-2-7-23(21)67(56,57)58/h1-14,47H,(H,50,51,52)(H,53,54,55)(H,56,57,58)(H,59,60,61)(H,62,63,64)(H2,37,38,41,42,45)(H2,39,40,43,44,46)/b48-27+. The lowest BCUT2D eigenvalue weighted by Crippen LogP contribution is -2.28. The van der Waals surface area contributed by atoms with Crippen LogP contribution in [-0.2, 0) is 50.6 Å². The van der Waals surface area contributed by atoms with E-state index < -0.39 is 137 Å². The van der Waals surface area contributed by atoms with Crippen LogP contribution in [-0.4, -0.2) is 106 Å². The van der Waals surface area contributed by atoms with E-state index in [1.165, 1.54) is 30.3 Å². The summed E-state index contributed by atoms with van der Waals surface area (Å²) in [4.78, 5) is 33.5. The zero-order valence-corrected chi connectivity index (χ0v) is 38.8. The lowest BCUT2D eigenvalue weighted by Gasteiger charge is -2.20. The predicted octanol–water partition coefficient (Wildman–Crippen LogP) is 4.22. The van der Waals surface area contributed by atoms with Gasteiger partial charge in [-0.25, -0.2) is 0 Å². The number of anilines is 9. The average Bonchev–Trinajstić information content (AvgIpc) is 3.21. The monoisotopic (exact) mass is 1090 g/mol. The molecule has 6 aromatic rings. The smallest absolute Gasteiger partial charge is 0.296 e. The number of hydrogen-bond acceptors (Lipinski definition) is 23. The second-order valence-electron chi connectivity index (χ2n) is 13.5. The molecule has 7 rings (SSSR count). The van der Waals surface area contributed by atoms with Crippen LogP contribution >= 0.6 is 23.2 Å². The van der Waals surface area contributed by atoms with Crippen molar-refractivity contribution in [1.82, 2.24) is 29.9 Å². The summed E-state index contributed by atoms with van der Waals surface area (Å²) in [6.45, 7) is 0. The predicted molar refractivity (Wildman–Crippen MR) is 243 cm³/mol. The molecule has 0 saturated carbocycles. The quantitative estimate of drug-likeness (QED) is 0.0508. The minimum atomic E-state index is -5.40. The Morgan fingerprint density at radius 3 is 1.57 bits per heavy atom. The fraction of sp³-hybridized carbons (Fsp3) is 0. The molecule has 69 heavy (non-hydrogen) atoms. The molecule has 1 aliphatic carbocycles. The molecule has 0 aliphatic heterocycles.